The van der Waals surface area contributed by atoms with Crippen LogP contribution in [0.3, 0.4) is 0 Å². The molecule has 0 aliphatic rings. The Balaban J connectivity index is 1.99. The van der Waals surface area contributed by atoms with E-state index in [0.29, 0.717) is 13.2 Å². The molecule has 132 valence electrons. The maximum atomic E-state index is 11.9. The molecule has 0 saturated heterocycles. The Hall–Kier alpha value is -1.88. The first kappa shape index (κ1) is 18.5. The number of aryl methyl sites for hydroxylation is 1. The van der Waals surface area contributed by atoms with E-state index in [1.807, 2.05) is 45.9 Å². The molecule has 0 fully saturated rings. The Kier molecular flexibility index (Phi) is 6.37. The maximum absolute atomic E-state index is 11.9. The zero-order valence-corrected chi connectivity index (χ0v) is 15.3. The second-order valence-corrected chi connectivity index (χ2v) is 6.97. The number of rotatable bonds is 8. The van der Waals surface area contributed by atoms with Crippen molar-refractivity contribution in [2.75, 3.05) is 19.8 Å². The summed E-state index contributed by atoms with van der Waals surface area (Å²) in [5.41, 5.74) is 1.82. The molecule has 1 N–H and O–H groups in total. The Labute approximate surface area is 144 Å². The van der Waals surface area contributed by atoms with Gasteiger partial charge < -0.3 is 14.6 Å². The monoisotopic (exact) mass is 331 g/mol. The fourth-order valence-electron chi connectivity index (χ4n) is 2.58. The molecule has 5 nitrogen and oxygen atoms in total. The van der Waals surface area contributed by atoms with E-state index in [2.05, 4.69) is 16.0 Å². The molecule has 0 radical (unpaired) electrons. The van der Waals surface area contributed by atoms with Crippen molar-refractivity contribution in [3.8, 4) is 0 Å². The molecule has 2 aromatic rings. The highest BCUT2D eigenvalue weighted by Gasteiger charge is 2.20. The van der Waals surface area contributed by atoms with Gasteiger partial charge in [-0.2, -0.15) is 0 Å². The van der Waals surface area contributed by atoms with Crippen LogP contribution in [-0.4, -0.2) is 35.2 Å². The van der Waals surface area contributed by atoms with Crippen LogP contribution in [0, 0.1) is 5.41 Å². The first-order chi connectivity index (χ1) is 11.4. The van der Waals surface area contributed by atoms with Gasteiger partial charge in [0.05, 0.1) is 17.6 Å². The molecule has 0 aliphatic heterocycles. The number of amides is 1. The van der Waals surface area contributed by atoms with Gasteiger partial charge >= 0.3 is 0 Å². The van der Waals surface area contributed by atoms with Crippen LogP contribution < -0.4 is 5.32 Å². The standard InChI is InChI=1S/C19H29N3O2/c1-5-24-14-13-22-16-10-7-6-9-15(16)21-17(22)11-8-12-20-18(23)19(2,3)4/h6-7,9-10H,5,8,11-14H2,1-4H3,(H,20,23). The summed E-state index contributed by atoms with van der Waals surface area (Å²) < 4.78 is 7.73. The molecule has 24 heavy (non-hydrogen) atoms. The van der Waals surface area contributed by atoms with Gasteiger partial charge in [-0.1, -0.05) is 32.9 Å². The summed E-state index contributed by atoms with van der Waals surface area (Å²) in [6.07, 6.45) is 1.71. The number of nitrogens with zero attached hydrogens (tertiary/aromatic N) is 2. The summed E-state index contributed by atoms with van der Waals surface area (Å²) >= 11 is 0. The van der Waals surface area contributed by atoms with E-state index in [4.69, 9.17) is 9.72 Å². The van der Waals surface area contributed by atoms with Gasteiger partial charge in [0.2, 0.25) is 5.91 Å². The van der Waals surface area contributed by atoms with Crippen LogP contribution in [0.5, 0.6) is 0 Å². The summed E-state index contributed by atoms with van der Waals surface area (Å²) in [6.45, 7) is 10.7. The van der Waals surface area contributed by atoms with Gasteiger partial charge in [0.25, 0.3) is 0 Å². The maximum Gasteiger partial charge on any atom is 0.225 e. The molecule has 2 rings (SSSR count). The summed E-state index contributed by atoms with van der Waals surface area (Å²) in [4.78, 5) is 16.7. The molecule has 5 heteroatoms. The highest BCUT2D eigenvalue weighted by atomic mass is 16.5. The molecular weight excluding hydrogens is 302 g/mol. The molecular formula is C19H29N3O2. The van der Waals surface area contributed by atoms with Crippen LogP contribution in [0.4, 0.5) is 0 Å². The highest BCUT2D eigenvalue weighted by molar-refractivity contribution is 5.81. The quantitative estimate of drug-likeness (QED) is 0.756. The molecule has 0 atom stereocenters. The SMILES string of the molecule is CCOCCn1c(CCCNC(=O)C(C)(C)C)nc2ccccc21. The topological polar surface area (TPSA) is 56.1 Å². The Morgan fingerprint density at radius 1 is 1.29 bits per heavy atom. The van der Waals surface area contributed by atoms with Crippen LogP contribution >= 0.6 is 0 Å². The summed E-state index contributed by atoms with van der Waals surface area (Å²) in [7, 11) is 0. The molecule has 1 heterocycles. The minimum absolute atomic E-state index is 0.0901. The minimum atomic E-state index is -0.343. The van der Waals surface area contributed by atoms with Crippen LogP contribution in [0.25, 0.3) is 11.0 Å². The number of ether oxygens (including phenoxy) is 1. The van der Waals surface area contributed by atoms with Crippen LogP contribution in [0.2, 0.25) is 0 Å². The minimum Gasteiger partial charge on any atom is -0.380 e. The van der Waals surface area contributed by atoms with Crippen molar-refractivity contribution in [3.05, 3.63) is 30.1 Å². The van der Waals surface area contributed by atoms with Crippen molar-refractivity contribution >= 4 is 16.9 Å². The average Bonchev–Trinajstić information content (AvgIpc) is 2.88. The number of benzene rings is 1. The first-order valence-electron chi connectivity index (χ1n) is 8.73. The third-order valence-electron chi connectivity index (χ3n) is 3.94. The fourth-order valence-corrected chi connectivity index (χ4v) is 2.58. The molecule has 0 spiro atoms. The molecule has 0 saturated carbocycles. The van der Waals surface area contributed by atoms with E-state index in [9.17, 15) is 4.79 Å². The van der Waals surface area contributed by atoms with E-state index < -0.39 is 0 Å². The molecule has 0 aliphatic carbocycles. The lowest BCUT2D eigenvalue weighted by Gasteiger charge is -2.17. The molecule has 1 aromatic heterocycles. The zero-order valence-electron chi connectivity index (χ0n) is 15.3. The summed E-state index contributed by atoms with van der Waals surface area (Å²) in [5, 5.41) is 3.00. The molecule has 1 amide bonds. The smallest absolute Gasteiger partial charge is 0.225 e. The van der Waals surface area contributed by atoms with Crippen LogP contribution in [0.15, 0.2) is 24.3 Å². The van der Waals surface area contributed by atoms with Gasteiger partial charge in [0, 0.05) is 31.5 Å². The highest BCUT2D eigenvalue weighted by Crippen LogP contribution is 2.17. The fraction of sp³-hybridized carbons (Fsp3) is 0.579. The number of fused-ring (bicyclic) bond motifs is 1. The van der Waals surface area contributed by atoms with E-state index >= 15 is 0 Å². The van der Waals surface area contributed by atoms with Gasteiger partial charge in [-0.25, -0.2) is 4.98 Å². The summed E-state index contributed by atoms with van der Waals surface area (Å²) in [6, 6.07) is 8.18. The normalized spacial score (nSPS) is 11.8. The predicted octanol–water partition coefficient (Wildman–Crippen LogP) is 3.17. The number of carbonyl (C=O) groups is 1. The Morgan fingerprint density at radius 3 is 2.75 bits per heavy atom. The number of imidazole rings is 1. The molecule has 0 unspecified atom stereocenters. The van der Waals surface area contributed by atoms with Gasteiger partial charge in [-0.15, -0.1) is 0 Å². The van der Waals surface area contributed by atoms with Gasteiger partial charge in [-0.3, -0.25) is 4.79 Å². The lowest BCUT2D eigenvalue weighted by atomic mass is 9.96. The van der Waals surface area contributed by atoms with Gasteiger partial charge in [0.1, 0.15) is 5.82 Å². The van der Waals surface area contributed by atoms with Crippen molar-refractivity contribution in [3.63, 3.8) is 0 Å². The lowest BCUT2D eigenvalue weighted by Crippen LogP contribution is -2.35. The number of hydrogen-bond acceptors (Lipinski definition) is 3. The Bertz CT molecular complexity index is 671. The van der Waals surface area contributed by atoms with Crippen molar-refractivity contribution in [2.45, 2.75) is 47.1 Å². The number of nitrogens with one attached hydrogen (secondary N) is 1. The number of para-hydroxylation sites is 2. The van der Waals surface area contributed by atoms with Crippen molar-refractivity contribution in [2.24, 2.45) is 5.41 Å². The summed E-state index contributed by atoms with van der Waals surface area (Å²) in [5.74, 6) is 1.15. The predicted molar refractivity (Wildman–Crippen MR) is 97.0 cm³/mol. The van der Waals surface area contributed by atoms with Crippen LogP contribution in [0.1, 0.15) is 39.9 Å². The van der Waals surface area contributed by atoms with E-state index in [1.54, 1.807) is 0 Å². The van der Waals surface area contributed by atoms with Gasteiger partial charge in [0.15, 0.2) is 0 Å². The Morgan fingerprint density at radius 2 is 2.04 bits per heavy atom. The number of aromatic nitrogens is 2. The van der Waals surface area contributed by atoms with Gasteiger partial charge in [-0.05, 0) is 25.5 Å². The number of hydrogen-bond donors (Lipinski definition) is 1. The molecule has 0 bridgehead atoms. The zero-order chi connectivity index (χ0) is 17.6. The van der Waals surface area contributed by atoms with Crippen molar-refractivity contribution in [1.29, 1.82) is 0 Å². The third kappa shape index (κ3) is 4.81. The first-order valence-corrected chi connectivity index (χ1v) is 8.73. The lowest BCUT2D eigenvalue weighted by molar-refractivity contribution is -0.128. The third-order valence-corrected chi connectivity index (χ3v) is 3.94. The van der Waals surface area contributed by atoms with Crippen molar-refractivity contribution in [1.82, 2.24) is 14.9 Å². The van der Waals surface area contributed by atoms with E-state index in [0.717, 1.165) is 42.9 Å². The van der Waals surface area contributed by atoms with Crippen LogP contribution in [-0.2, 0) is 22.5 Å². The second-order valence-electron chi connectivity index (χ2n) is 6.97. The largest absolute Gasteiger partial charge is 0.380 e. The molecule has 1 aromatic carbocycles. The average molecular weight is 331 g/mol. The van der Waals surface area contributed by atoms with Crippen molar-refractivity contribution < 1.29 is 9.53 Å². The van der Waals surface area contributed by atoms with E-state index in [-0.39, 0.29) is 11.3 Å². The second kappa shape index (κ2) is 8.29. The van der Waals surface area contributed by atoms with E-state index in [1.165, 1.54) is 0 Å². The number of carbonyl (C=O) groups excluding carboxylic acids is 1.